The quantitative estimate of drug-likeness (QED) is 0.854. The standard InChI is InChI=1S/C15H13BrO2/c16-13-8-11-6-7-17-15(11)12(9-13)10-18-14-4-2-1-3-5-14/h1-5,8-9H,6-7,10H2. The summed E-state index contributed by atoms with van der Waals surface area (Å²) in [5, 5.41) is 0. The van der Waals surface area contributed by atoms with E-state index in [1.54, 1.807) is 0 Å². The fourth-order valence-corrected chi connectivity index (χ4v) is 2.68. The first-order valence-corrected chi connectivity index (χ1v) is 6.74. The van der Waals surface area contributed by atoms with Crippen molar-refractivity contribution in [1.82, 2.24) is 0 Å². The van der Waals surface area contributed by atoms with Crippen molar-refractivity contribution >= 4 is 15.9 Å². The highest BCUT2D eigenvalue weighted by atomic mass is 79.9. The first-order chi connectivity index (χ1) is 8.83. The molecule has 0 saturated heterocycles. The third kappa shape index (κ3) is 2.36. The summed E-state index contributed by atoms with van der Waals surface area (Å²) < 4.78 is 12.5. The Morgan fingerprint density at radius 2 is 2.00 bits per heavy atom. The highest BCUT2D eigenvalue weighted by molar-refractivity contribution is 9.10. The van der Waals surface area contributed by atoms with Crippen molar-refractivity contribution in [3.8, 4) is 11.5 Å². The van der Waals surface area contributed by atoms with Gasteiger partial charge in [-0.3, -0.25) is 0 Å². The molecule has 1 aliphatic rings. The smallest absolute Gasteiger partial charge is 0.129 e. The number of hydrogen-bond donors (Lipinski definition) is 0. The van der Waals surface area contributed by atoms with Crippen LogP contribution in [0.2, 0.25) is 0 Å². The van der Waals surface area contributed by atoms with Gasteiger partial charge < -0.3 is 9.47 Å². The highest BCUT2D eigenvalue weighted by Crippen LogP contribution is 2.33. The van der Waals surface area contributed by atoms with Gasteiger partial charge >= 0.3 is 0 Å². The second-order valence-corrected chi connectivity index (χ2v) is 5.17. The molecule has 0 unspecified atom stereocenters. The van der Waals surface area contributed by atoms with Crippen LogP contribution in [0, 0.1) is 0 Å². The number of rotatable bonds is 3. The summed E-state index contributed by atoms with van der Waals surface area (Å²) in [5.74, 6) is 1.87. The van der Waals surface area contributed by atoms with Crippen molar-refractivity contribution in [2.45, 2.75) is 13.0 Å². The number of para-hydroxylation sites is 1. The number of ether oxygens (including phenoxy) is 2. The van der Waals surface area contributed by atoms with E-state index in [2.05, 4.69) is 28.1 Å². The molecule has 0 spiro atoms. The Morgan fingerprint density at radius 3 is 2.83 bits per heavy atom. The second kappa shape index (κ2) is 5.02. The summed E-state index contributed by atoms with van der Waals surface area (Å²) >= 11 is 3.53. The minimum Gasteiger partial charge on any atom is -0.493 e. The Balaban J connectivity index is 1.81. The lowest BCUT2D eigenvalue weighted by Gasteiger charge is -2.10. The molecule has 18 heavy (non-hydrogen) atoms. The largest absolute Gasteiger partial charge is 0.493 e. The third-order valence-electron chi connectivity index (χ3n) is 2.96. The summed E-state index contributed by atoms with van der Waals surface area (Å²) in [4.78, 5) is 0. The molecule has 92 valence electrons. The molecule has 2 aromatic carbocycles. The number of halogens is 1. The van der Waals surface area contributed by atoms with Gasteiger partial charge in [0.2, 0.25) is 0 Å². The van der Waals surface area contributed by atoms with Crippen LogP contribution in [-0.2, 0) is 13.0 Å². The van der Waals surface area contributed by atoms with Crippen LogP contribution in [0.5, 0.6) is 11.5 Å². The summed E-state index contributed by atoms with van der Waals surface area (Å²) in [6, 6.07) is 14.0. The Labute approximate surface area is 115 Å². The zero-order chi connectivity index (χ0) is 12.4. The van der Waals surface area contributed by atoms with Crippen molar-refractivity contribution < 1.29 is 9.47 Å². The summed E-state index contributed by atoms with van der Waals surface area (Å²) in [6.45, 7) is 1.30. The molecule has 0 radical (unpaired) electrons. The van der Waals surface area contributed by atoms with Crippen LogP contribution >= 0.6 is 15.9 Å². The van der Waals surface area contributed by atoms with Crippen molar-refractivity contribution in [2.24, 2.45) is 0 Å². The molecule has 1 heterocycles. The summed E-state index contributed by atoms with van der Waals surface area (Å²) in [7, 11) is 0. The minimum atomic E-state index is 0.534. The van der Waals surface area contributed by atoms with Gasteiger partial charge in [-0.25, -0.2) is 0 Å². The van der Waals surface area contributed by atoms with E-state index in [9.17, 15) is 0 Å². The average Bonchev–Trinajstić information content (AvgIpc) is 2.85. The summed E-state index contributed by atoms with van der Waals surface area (Å²) in [5.41, 5.74) is 2.36. The van der Waals surface area contributed by atoms with E-state index >= 15 is 0 Å². The van der Waals surface area contributed by atoms with Crippen LogP contribution in [0.3, 0.4) is 0 Å². The van der Waals surface area contributed by atoms with Gasteiger partial charge in [-0.15, -0.1) is 0 Å². The van der Waals surface area contributed by atoms with Crippen molar-refractivity contribution in [2.75, 3.05) is 6.61 Å². The maximum atomic E-state index is 5.77. The molecule has 0 saturated carbocycles. The topological polar surface area (TPSA) is 18.5 Å². The van der Waals surface area contributed by atoms with E-state index in [4.69, 9.17) is 9.47 Å². The summed E-state index contributed by atoms with van der Waals surface area (Å²) in [6.07, 6.45) is 0.979. The van der Waals surface area contributed by atoms with Gasteiger partial charge in [0.1, 0.15) is 18.1 Å². The van der Waals surface area contributed by atoms with Crippen molar-refractivity contribution in [3.63, 3.8) is 0 Å². The van der Waals surface area contributed by atoms with E-state index in [-0.39, 0.29) is 0 Å². The van der Waals surface area contributed by atoms with Gasteiger partial charge in [-0.1, -0.05) is 34.1 Å². The van der Waals surface area contributed by atoms with Gasteiger partial charge in [0, 0.05) is 16.5 Å². The molecule has 0 N–H and O–H groups in total. The number of fused-ring (bicyclic) bond motifs is 1. The molecule has 2 nitrogen and oxygen atoms in total. The third-order valence-corrected chi connectivity index (χ3v) is 3.42. The molecule has 3 rings (SSSR count). The Kier molecular flexibility index (Phi) is 3.24. The molecule has 0 bridgehead atoms. The fourth-order valence-electron chi connectivity index (χ4n) is 2.13. The van der Waals surface area contributed by atoms with Gasteiger partial charge in [-0.2, -0.15) is 0 Å². The van der Waals surface area contributed by atoms with Crippen LogP contribution < -0.4 is 9.47 Å². The lowest BCUT2D eigenvalue weighted by molar-refractivity contribution is 0.292. The molecule has 0 amide bonds. The number of benzene rings is 2. The Hall–Kier alpha value is -1.48. The molecule has 0 fully saturated rings. The molecule has 0 aliphatic carbocycles. The van der Waals surface area contributed by atoms with Crippen LogP contribution in [0.25, 0.3) is 0 Å². The average molecular weight is 305 g/mol. The van der Waals surface area contributed by atoms with Crippen molar-refractivity contribution in [1.29, 1.82) is 0 Å². The highest BCUT2D eigenvalue weighted by Gasteiger charge is 2.17. The monoisotopic (exact) mass is 304 g/mol. The molecule has 1 aliphatic heterocycles. The zero-order valence-corrected chi connectivity index (χ0v) is 11.4. The maximum absolute atomic E-state index is 5.77. The second-order valence-electron chi connectivity index (χ2n) is 4.25. The normalized spacial score (nSPS) is 12.9. The Morgan fingerprint density at radius 1 is 1.17 bits per heavy atom. The minimum absolute atomic E-state index is 0.534. The van der Waals surface area contributed by atoms with Crippen LogP contribution in [0.4, 0.5) is 0 Å². The van der Waals surface area contributed by atoms with E-state index in [0.717, 1.165) is 34.6 Å². The van der Waals surface area contributed by atoms with Gasteiger partial charge in [0.15, 0.2) is 0 Å². The van der Waals surface area contributed by atoms with Gasteiger partial charge in [0.05, 0.1) is 6.61 Å². The van der Waals surface area contributed by atoms with E-state index in [0.29, 0.717) is 6.61 Å². The lowest BCUT2D eigenvalue weighted by atomic mass is 10.1. The van der Waals surface area contributed by atoms with Gasteiger partial charge in [-0.05, 0) is 29.8 Å². The first kappa shape index (κ1) is 11.6. The Bertz CT molecular complexity index is 552. The van der Waals surface area contributed by atoms with Gasteiger partial charge in [0.25, 0.3) is 0 Å². The molecular weight excluding hydrogens is 292 g/mol. The van der Waals surface area contributed by atoms with E-state index < -0.39 is 0 Å². The molecule has 0 aromatic heterocycles. The van der Waals surface area contributed by atoms with Crippen LogP contribution in [-0.4, -0.2) is 6.61 Å². The molecule has 0 atom stereocenters. The molecule has 3 heteroatoms. The van der Waals surface area contributed by atoms with Crippen LogP contribution in [0.1, 0.15) is 11.1 Å². The maximum Gasteiger partial charge on any atom is 0.129 e. The SMILES string of the molecule is Brc1cc2c(c(COc3ccccc3)c1)OCC2. The van der Waals surface area contributed by atoms with E-state index in [1.807, 2.05) is 30.3 Å². The predicted molar refractivity (Wildman–Crippen MR) is 74.1 cm³/mol. The lowest BCUT2D eigenvalue weighted by Crippen LogP contribution is -1.98. The van der Waals surface area contributed by atoms with Crippen molar-refractivity contribution in [3.05, 3.63) is 58.1 Å². The molecule has 2 aromatic rings. The van der Waals surface area contributed by atoms with E-state index in [1.165, 1.54) is 5.56 Å². The van der Waals surface area contributed by atoms with Crippen LogP contribution in [0.15, 0.2) is 46.9 Å². The predicted octanol–water partition coefficient (Wildman–Crippen LogP) is 3.96. The zero-order valence-electron chi connectivity index (χ0n) is 9.86. The molecular formula is C15H13BrO2. The fraction of sp³-hybridized carbons (Fsp3) is 0.200. The number of hydrogen-bond acceptors (Lipinski definition) is 2. The first-order valence-electron chi connectivity index (χ1n) is 5.95.